The molecule has 0 aromatic heterocycles. The maximum absolute atomic E-state index is 3.54. The van der Waals surface area contributed by atoms with Gasteiger partial charge in [0, 0.05) is 0 Å². The summed E-state index contributed by atoms with van der Waals surface area (Å²) in [7, 11) is 0. The summed E-state index contributed by atoms with van der Waals surface area (Å²) in [5.41, 5.74) is 4.14. The molecule has 0 aliphatic rings. The summed E-state index contributed by atoms with van der Waals surface area (Å²) in [5, 5.41) is 0. The van der Waals surface area contributed by atoms with Crippen LogP contribution in [-0.4, -0.2) is 0 Å². The minimum Gasteiger partial charge on any atom is -0.118 e. The topological polar surface area (TPSA) is 0 Å². The van der Waals surface area contributed by atoms with Crippen LogP contribution < -0.4 is 0 Å². The average Bonchev–Trinajstić information content (AvgIpc) is 1.85. The van der Waals surface area contributed by atoms with Gasteiger partial charge >= 0.3 is 0 Å². The maximum atomic E-state index is 3.54. The minimum atomic E-state index is 1.12. The van der Waals surface area contributed by atoms with Crippen LogP contribution >= 0.6 is 0 Å². The number of hydrogen-bond acceptors (Lipinski definition) is 0. The third-order valence-corrected chi connectivity index (χ3v) is 0.846. The van der Waals surface area contributed by atoms with E-state index in [0.29, 0.717) is 0 Å². The van der Waals surface area contributed by atoms with Crippen LogP contribution in [0, 0.1) is 0 Å². The van der Waals surface area contributed by atoms with Gasteiger partial charge in [0.25, 0.3) is 0 Å². The summed E-state index contributed by atoms with van der Waals surface area (Å²) in [6.45, 7) is 7.52. The highest BCUT2D eigenvalue weighted by Crippen LogP contribution is 1.89. The van der Waals surface area contributed by atoms with Gasteiger partial charge in [-0.2, -0.15) is 0 Å². The molecule has 0 aliphatic heterocycles. The second-order valence-corrected chi connectivity index (χ2v) is 1.73. The Kier molecular flexibility index (Phi) is 4.57. The van der Waals surface area contributed by atoms with E-state index in [9.17, 15) is 0 Å². The summed E-state index contributed by atoms with van der Waals surface area (Å²) in [6, 6.07) is 0. The number of allylic oxidation sites excluding steroid dienone is 4. The van der Waals surface area contributed by atoms with Gasteiger partial charge in [-0.25, -0.2) is 0 Å². The van der Waals surface area contributed by atoms with E-state index in [1.165, 1.54) is 0 Å². The van der Waals surface area contributed by atoms with E-state index in [2.05, 4.69) is 12.3 Å². The van der Waals surface area contributed by atoms with Crippen LogP contribution in [0.15, 0.2) is 42.2 Å². The lowest BCUT2D eigenvalue weighted by atomic mass is 10.3. The Hall–Kier alpha value is -1.00. The quantitative estimate of drug-likeness (QED) is 0.388. The highest BCUT2D eigenvalue weighted by molar-refractivity contribution is 5.16. The van der Waals surface area contributed by atoms with Crippen molar-refractivity contribution in [3.63, 3.8) is 0 Å². The van der Waals surface area contributed by atoms with Gasteiger partial charge < -0.3 is 0 Å². The molecule has 0 heteroatoms. The Morgan fingerprint density at radius 2 is 2.22 bits per heavy atom. The van der Waals surface area contributed by atoms with E-state index in [4.69, 9.17) is 0 Å². The molecule has 0 aliphatic carbocycles. The fourth-order valence-electron chi connectivity index (χ4n) is 0.488. The monoisotopic (exact) mass is 120 g/mol. The van der Waals surface area contributed by atoms with Crippen molar-refractivity contribution in [1.29, 1.82) is 0 Å². The summed E-state index contributed by atoms with van der Waals surface area (Å²) >= 11 is 0. The van der Waals surface area contributed by atoms with Gasteiger partial charge in [0.15, 0.2) is 0 Å². The van der Waals surface area contributed by atoms with Crippen LogP contribution in [0.3, 0.4) is 0 Å². The van der Waals surface area contributed by atoms with Crippen LogP contribution in [0.25, 0.3) is 0 Å². The Labute approximate surface area is 56.9 Å². The largest absolute Gasteiger partial charge is 0.118 e. The Morgan fingerprint density at radius 1 is 1.56 bits per heavy atom. The first kappa shape index (κ1) is 8.00. The average molecular weight is 120 g/mol. The third kappa shape index (κ3) is 4.86. The van der Waals surface area contributed by atoms with Crippen molar-refractivity contribution in [1.82, 2.24) is 0 Å². The molecule has 0 fully saturated rings. The molecule has 0 amide bonds. The first-order valence-corrected chi connectivity index (χ1v) is 2.98. The first-order chi connectivity index (χ1) is 4.31. The highest BCUT2D eigenvalue weighted by atomic mass is 13.8. The lowest BCUT2D eigenvalue weighted by Crippen LogP contribution is -1.58. The minimum absolute atomic E-state index is 1.12. The molecule has 0 bridgehead atoms. The SMILES string of the molecule is C=CC=C=C(C)C=CC. The van der Waals surface area contributed by atoms with Crippen LogP contribution in [0.2, 0.25) is 0 Å². The van der Waals surface area contributed by atoms with Crippen molar-refractivity contribution in [2.45, 2.75) is 13.8 Å². The molecule has 0 saturated heterocycles. The fraction of sp³-hybridized carbons (Fsp3) is 0.222. The summed E-state index contributed by atoms with van der Waals surface area (Å²) in [4.78, 5) is 0. The first-order valence-electron chi connectivity index (χ1n) is 2.98. The molecule has 0 aromatic carbocycles. The zero-order valence-corrected chi connectivity index (χ0v) is 6.02. The molecule has 0 nitrogen and oxygen atoms in total. The second kappa shape index (κ2) is 5.14. The summed E-state index contributed by atoms with van der Waals surface area (Å²) in [6.07, 6.45) is 7.50. The van der Waals surface area contributed by atoms with Gasteiger partial charge in [0.2, 0.25) is 0 Å². The number of hydrogen-bond donors (Lipinski definition) is 0. The molecule has 0 spiro atoms. The summed E-state index contributed by atoms with van der Waals surface area (Å²) < 4.78 is 0. The fourth-order valence-corrected chi connectivity index (χ4v) is 0.488. The molecule has 0 saturated carbocycles. The van der Waals surface area contributed by atoms with Gasteiger partial charge in [-0.15, -0.1) is 5.73 Å². The predicted molar refractivity (Wildman–Crippen MR) is 42.3 cm³/mol. The van der Waals surface area contributed by atoms with Crippen molar-refractivity contribution in [2.24, 2.45) is 0 Å². The zero-order chi connectivity index (χ0) is 7.11. The van der Waals surface area contributed by atoms with Gasteiger partial charge in [-0.1, -0.05) is 24.8 Å². The van der Waals surface area contributed by atoms with E-state index < -0.39 is 0 Å². The smallest absolute Gasteiger partial charge is 0.00947 e. The van der Waals surface area contributed by atoms with Crippen LogP contribution in [0.1, 0.15) is 13.8 Å². The van der Waals surface area contributed by atoms with Crippen molar-refractivity contribution in [2.75, 3.05) is 0 Å². The predicted octanol–water partition coefficient (Wildman–Crippen LogP) is 2.85. The second-order valence-electron chi connectivity index (χ2n) is 1.73. The molecular weight excluding hydrogens is 108 g/mol. The lowest BCUT2D eigenvalue weighted by molar-refractivity contribution is 1.52. The van der Waals surface area contributed by atoms with E-state index in [1.807, 2.05) is 26.0 Å². The molecule has 0 heterocycles. The van der Waals surface area contributed by atoms with Gasteiger partial charge in [-0.05, 0) is 25.5 Å². The molecule has 0 unspecified atom stereocenters. The molecular formula is C9H12. The molecule has 0 radical (unpaired) electrons. The molecule has 9 heavy (non-hydrogen) atoms. The van der Waals surface area contributed by atoms with Crippen molar-refractivity contribution in [3.8, 4) is 0 Å². The molecule has 0 rings (SSSR count). The summed E-state index contributed by atoms with van der Waals surface area (Å²) in [5.74, 6) is 0. The van der Waals surface area contributed by atoms with Gasteiger partial charge in [0.1, 0.15) is 0 Å². The van der Waals surface area contributed by atoms with Crippen LogP contribution in [-0.2, 0) is 0 Å². The normalized spacial score (nSPS) is 8.67. The van der Waals surface area contributed by atoms with Crippen molar-refractivity contribution >= 4 is 0 Å². The zero-order valence-electron chi connectivity index (χ0n) is 6.02. The van der Waals surface area contributed by atoms with E-state index in [0.717, 1.165) is 5.57 Å². The van der Waals surface area contributed by atoms with E-state index in [-0.39, 0.29) is 0 Å². The maximum Gasteiger partial charge on any atom is -0.00947 e. The number of rotatable bonds is 2. The Bertz CT molecular complexity index is 164. The molecule has 0 N–H and O–H groups in total. The molecule has 48 valence electrons. The molecule has 0 aromatic rings. The van der Waals surface area contributed by atoms with Crippen molar-refractivity contribution < 1.29 is 0 Å². The lowest BCUT2D eigenvalue weighted by Gasteiger charge is -1.78. The van der Waals surface area contributed by atoms with Crippen LogP contribution in [0.4, 0.5) is 0 Å². The Morgan fingerprint density at radius 3 is 2.67 bits per heavy atom. The highest BCUT2D eigenvalue weighted by Gasteiger charge is 1.70. The Balaban J connectivity index is 4.14. The van der Waals surface area contributed by atoms with Gasteiger partial charge in [0.05, 0.1) is 0 Å². The van der Waals surface area contributed by atoms with E-state index >= 15 is 0 Å². The molecule has 0 atom stereocenters. The third-order valence-electron chi connectivity index (χ3n) is 0.846. The van der Waals surface area contributed by atoms with Crippen molar-refractivity contribution in [3.05, 3.63) is 42.2 Å². The van der Waals surface area contributed by atoms with Gasteiger partial charge in [-0.3, -0.25) is 0 Å². The van der Waals surface area contributed by atoms with E-state index in [1.54, 1.807) is 12.2 Å². The standard InChI is InChI=1S/C9H12/c1-4-6-8-9(3)7-5-2/h4-7H,1H2,2-3H3. The van der Waals surface area contributed by atoms with Crippen LogP contribution in [0.5, 0.6) is 0 Å².